The molecule has 0 aromatic heterocycles. The average molecular weight is 404 g/mol. The number of urea groups is 1. The highest BCUT2D eigenvalue weighted by Gasteiger charge is 2.53. The number of benzene rings is 1. The molecule has 1 atom stereocenters. The van der Waals surface area contributed by atoms with Crippen LogP contribution < -0.4 is 5.43 Å². The molecule has 0 saturated carbocycles. The lowest BCUT2D eigenvalue weighted by atomic mass is 10.1. The first-order chi connectivity index (χ1) is 12.0. The number of hydrazone groups is 1. The maximum absolute atomic E-state index is 13.1. The first-order valence-electron chi connectivity index (χ1n) is 7.80. The van der Waals surface area contributed by atoms with Crippen LogP contribution in [0.5, 0.6) is 0 Å². The fourth-order valence-electron chi connectivity index (χ4n) is 3.12. The van der Waals surface area contributed by atoms with Crippen LogP contribution >= 0.6 is 15.9 Å². The molecule has 3 heterocycles. The largest absolute Gasteiger partial charge is 0.414 e. The van der Waals surface area contributed by atoms with Crippen molar-refractivity contribution in [1.29, 1.82) is 0 Å². The zero-order valence-electron chi connectivity index (χ0n) is 13.7. The van der Waals surface area contributed by atoms with Gasteiger partial charge < -0.3 is 0 Å². The average Bonchev–Trinajstić information content (AvgIpc) is 2.97. The second-order valence-corrected chi connectivity index (χ2v) is 7.09. The van der Waals surface area contributed by atoms with Crippen LogP contribution in [0.15, 0.2) is 38.8 Å². The van der Waals surface area contributed by atoms with Crippen LogP contribution in [-0.2, 0) is 11.3 Å². The molecule has 0 bridgehead atoms. The van der Waals surface area contributed by atoms with Gasteiger partial charge in [-0.1, -0.05) is 33.1 Å². The number of amides is 3. The molecule has 4 rings (SSSR count). The number of halogens is 1. The molecule has 3 aliphatic heterocycles. The lowest BCUT2D eigenvalue weighted by molar-refractivity contribution is -0.524. The number of likely N-dealkylation sites (N-methyl/N-ethyl adjacent to an activating group) is 1. The van der Waals surface area contributed by atoms with Crippen LogP contribution in [0, 0.1) is 0 Å². The third-order valence-electron chi connectivity index (χ3n) is 4.41. The number of amidine groups is 1. The van der Waals surface area contributed by atoms with Crippen molar-refractivity contribution in [1.82, 2.24) is 15.2 Å². The van der Waals surface area contributed by atoms with Gasteiger partial charge in [0.05, 0.1) is 12.3 Å². The van der Waals surface area contributed by atoms with E-state index in [1.807, 2.05) is 35.8 Å². The zero-order chi connectivity index (χ0) is 17.7. The molecule has 128 valence electrons. The van der Waals surface area contributed by atoms with Crippen molar-refractivity contribution in [3.05, 3.63) is 34.3 Å². The highest BCUT2D eigenvalue weighted by molar-refractivity contribution is 9.10. The number of guanidine groups is 1. The summed E-state index contributed by atoms with van der Waals surface area (Å²) in [6.45, 7) is 2.60. The number of nitrogens with zero attached hydrogens (tertiary/aromatic N) is 5. The Hall–Kier alpha value is -2.55. The summed E-state index contributed by atoms with van der Waals surface area (Å²) in [6, 6.07) is 6.58. The molecule has 25 heavy (non-hydrogen) atoms. The van der Waals surface area contributed by atoms with Crippen LogP contribution in [0.3, 0.4) is 0 Å². The number of carbonyl (C=O) groups excluding carboxylic acids is 2. The summed E-state index contributed by atoms with van der Waals surface area (Å²) in [5.41, 5.74) is 4.58. The van der Waals surface area contributed by atoms with Crippen LogP contribution in [0.25, 0.3) is 0 Å². The molecule has 1 unspecified atom stereocenters. The van der Waals surface area contributed by atoms with E-state index >= 15 is 0 Å². The van der Waals surface area contributed by atoms with E-state index in [1.165, 1.54) is 9.80 Å². The maximum atomic E-state index is 13.1. The Morgan fingerprint density at radius 3 is 2.76 bits per heavy atom. The molecule has 8 nitrogen and oxygen atoms in total. The number of rotatable bonds is 2. The first-order valence-corrected chi connectivity index (χ1v) is 8.60. The van der Waals surface area contributed by atoms with Crippen LogP contribution in [0.4, 0.5) is 4.79 Å². The number of hydrogen-bond acceptors (Lipinski definition) is 5. The van der Waals surface area contributed by atoms with Gasteiger partial charge in [-0.2, -0.15) is 5.43 Å². The van der Waals surface area contributed by atoms with Gasteiger partial charge in [-0.15, -0.1) is 5.10 Å². The van der Waals surface area contributed by atoms with Gasteiger partial charge in [0.25, 0.3) is 5.91 Å². The number of hydrogen-bond donors (Lipinski definition) is 1. The van der Waals surface area contributed by atoms with Crippen molar-refractivity contribution >= 4 is 45.4 Å². The van der Waals surface area contributed by atoms with Crippen molar-refractivity contribution in [2.45, 2.75) is 19.5 Å². The van der Waals surface area contributed by atoms with E-state index in [0.717, 1.165) is 15.7 Å². The highest BCUT2D eigenvalue weighted by Crippen LogP contribution is 2.22. The predicted molar refractivity (Wildman–Crippen MR) is 95.5 cm³/mol. The van der Waals surface area contributed by atoms with Gasteiger partial charge in [0, 0.05) is 11.5 Å². The molecule has 1 aromatic carbocycles. The molecule has 1 N–H and O–H groups in total. The van der Waals surface area contributed by atoms with Gasteiger partial charge in [0.2, 0.25) is 11.9 Å². The molecule has 0 aliphatic carbocycles. The lowest BCUT2D eigenvalue weighted by Crippen LogP contribution is -2.63. The van der Waals surface area contributed by atoms with E-state index in [4.69, 9.17) is 0 Å². The summed E-state index contributed by atoms with van der Waals surface area (Å²) in [5.74, 6) is 0.676. The Morgan fingerprint density at radius 2 is 2.04 bits per heavy atom. The smallest absolute Gasteiger partial charge is 0.270 e. The van der Waals surface area contributed by atoms with Crippen LogP contribution in [0.2, 0.25) is 0 Å². The van der Waals surface area contributed by atoms with Crippen molar-refractivity contribution in [3.8, 4) is 0 Å². The third kappa shape index (κ3) is 2.55. The Morgan fingerprint density at radius 1 is 1.32 bits per heavy atom. The number of nitrogens with one attached hydrogen (secondary N) is 1. The van der Waals surface area contributed by atoms with Crippen molar-refractivity contribution in [2.24, 2.45) is 10.1 Å². The molecule has 3 aliphatic rings. The molecule has 9 heteroatoms. The summed E-state index contributed by atoms with van der Waals surface area (Å²) in [7, 11) is 1.64. The summed E-state index contributed by atoms with van der Waals surface area (Å²) in [6.07, 6.45) is 0. The van der Waals surface area contributed by atoms with Gasteiger partial charge >= 0.3 is 12.0 Å². The Bertz CT molecular complexity index is 873. The molecule has 0 radical (unpaired) electrons. The second kappa shape index (κ2) is 5.76. The zero-order valence-corrected chi connectivity index (χ0v) is 15.3. The number of fused-ring (bicyclic) bond motifs is 2. The Labute approximate surface area is 152 Å². The van der Waals surface area contributed by atoms with Crippen molar-refractivity contribution < 1.29 is 14.2 Å². The normalized spacial score (nSPS) is 22.4. The quantitative estimate of drug-likeness (QED) is 0.747. The number of aliphatic imine (C=N–C) groups is 1. The first kappa shape index (κ1) is 15.9. The third-order valence-corrected chi connectivity index (χ3v) is 4.94. The lowest BCUT2D eigenvalue weighted by Gasteiger charge is -2.34. The second-order valence-electron chi connectivity index (χ2n) is 6.18. The Balaban J connectivity index is 1.66. The van der Waals surface area contributed by atoms with E-state index in [9.17, 15) is 9.59 Å². The SMILES string of the molecule is CC1=NNC2=[N+](C1)C1C(=O)N(Cc3ccc(Br)cc3)C(=O)N(C)C1=N2. The predicted octanol–water partition coefficient (Wildman–Crippen LogP) is 0.971. The monoisotopic (exact) mass is 403 g/mol. The molecule has 1 fully saturated rings. The minimum absolute atomic E-state index is 0.225. The van der Waals surface area contributed by atoms with Crippen molar-refractivity contribution in [3.63, 3.8) is 0 Å². The summed E-state index contributed by atoms with van der Waals surface area (Å²) >= 11 is 3.39. The van der Waals surface area contributed by atoms with Crippen molar-refractivity contribution in [2.75, 3.05) is 13.6 Å². The van der Waals surface area contributed by atoms with Gasteiger partial charge in [0.1, 0.15) is 6.54 Å². The van der Waals surface area contributed by atoms with Gasteiger partial charge in [-0.25, -0.2) is 9.37 Å². The molecular formula is C16H16BrN6O2+. The van der Waals surface area contributed by atoms with E-state index < -0.39 is 6.04 Å². The summed E-state index contributed by atoms with van der Waals surface area (Å²) in [4.78, 5) is 32.9. The molecule has 0 spiro atoms. The topological polar surface area (TPSA) is 80.4 Å². The fourth-order valence-corrected chi connectivity index (χ4v) is 3.38. The number of imide groups is 1. The summed E-state index contributed by atoms with van der Waals surface area (Å²) < 4.78 is 2.79. The highest BCUT2D eigenvalue weighted by atomic mass is 79.9. The molecule has 1 aromatic rings. The molecular weight excluding hydrogens is 388 g/mol. The Kier molecular flexibility index (Phi) is 3.68. The summed E-state index contributed by atoms with van der Waals surface area (Å²) in [5, 5.41) is 4.14. The maximum Gasteiger partial charge on any atom is 0.414 e. The van der Waals surface area contributed by atoms with Crippen LogP contribution in [0.1, 0.15) is 12.5 Å². The fraction of sp³-hybridized carbons (Fsp3) is 0.312. The molecule has 3 amide bonds. The van der Waals surface area contributed by atoms with E-state index in [-0.39, 0.29) is 18.5 Å². The van der Waals surface area contributed by atoms with E-state index in [0.29, 0.717) is 18.3 Å². The molecule has 1 saturated heterocycles. The van der Waals surface area contributed by atoms with Gasteiger partial charge in [-0.3, -0.25) is 14.6 Å². The number of carbonyl (C=O) groups is 2. The minimum Gasteiger partial charge on any atom is -0.270 e. The van der Waals surface area contributed by atoms with E-state index in [1.54, 1.807) is 7.05 Å². The standard InChI is InChI=1S/C16H15BrN6O2/c1-9-7-22-12-13(18-15(22)20-19-9)21(2)16(25)23(14(12)24)8-10-3-5-11(17)6-4-10/h3-6,12H,7-8H2,1-2H3/p+1. The van der Waals surface area contributed by atoms with Gasteiger partial charge in [0.15, 0.2) is 0 Å². The minimum atomic E-state index is -0.605. The van der Waals surface area contributed by atoms with Gasteiger partial charge in [-0.05, 0) is 24.6 Å². The van der Waals surface area contributed by atoms with Crippen LogP contribution in [-0.4, -0.2) is 63.5 Å². The van der Waals surface area contributed by atoms with E-state index in [2.05, 4.69) is 31.4 Å².